The highest BCUT2D eigenvalue weighted by atomic mass is 16.2. The van der Waals surface area contributed by atoms with Gasteiger partial charge in [-0.05, 0) is 48.2 Å². The van der Waals surface area contributed by atoms with E-state index in [0.717, 1.165) is 11.1 Å². The molecule has 34 heavy (non-hydrogen) atoms. The standard InChI is InChI=1S/C27H24N4O3/c32-25(20-7-4-13-28-17-20)29-21-12-14-31-24(16-21)26(33)30-23-11-10-19(15-22(23)27(31)34)9-8-18-5-2-1-3-6-18/h1-11,13,15,17,21,24H,12,14,16H2,(H,29,32)(H,30,33). The maximum atomic E-state index is 13.4. The molecule has 1 fully saturated rings. The van der Waals surface area contributed by atoms with Gasteiger partial charge in [-0.2, -0.15) is 0 Å². The molecule has 2 atom stereocenters. The number of nitrogens with one attached hydrogen (secondary N) is 2. The van der Waals surface area contributed by atoms with Crippen LogP contribution in [0.3, 0.4) is 0 Å². The molecule has 3 aromatic rings. The number of fused-ring (bicyclic) bond motifs is 2. The molecule has 2 aliphatic heterocycles. The lowest BCUT2D eigenvalue weighted by atomic mass is 9.95. The lowest BCUT2D eigenvalue weighted by Gasteiger charge is -2.37. The van der Waals surface area contributed by atoms with E-state index in [1.165, 1.54) is 6.20 Å². The fourth-order valence-electron chi connectivity index (χ4n) is 4.43. The summed E-state index contributed by atoms with van der Waals surface area (Å²) in [6.07, 6.45) is 7.99. The highest BCUT2D eigenvalue weighted by Crippen LogP contribution is 2.29. The summed E-state index contributed by atoms with van der Waals surface area (Å²) in [5.74, 6) is -0.643. The van der Waals surface area contributed by atoms with Crippen LogP contribution >= 0.6 is 0 Å². The topological polar surface area (TPSA) is 91.4 Å². The molecule has 170 valence electrons. The van der Waals surface area contributed by atoms with E-state index in [1.807, 2.05) is 54.6 Å². The van der Waals surface area contributed by atoms with Crippen LogP contribution in [0.15, 0.2) is 73.1 Å². The molecule has 0 radical (unpaired) electrons. The average molecular weight is 453 g/mol. The van der Waals surface area contributed by atoms with E-state index in [4.69, 9.17) is 0 Å². The van der Waals surface area contributed by atoms with E-state index >= 15 is 0 Å². The van der Waals surface area contributed by atoms with Gasteiger partial charge in [-0.25, -0.2) is 0 Å². The molecule has 1 aromatic heterocycles. The monoisotopic (exact) mass is 452 g/mol. The summed E-state index contributed by atoms with van der Waals surface area (Å²) in [5, 5.41) is 5.89. The molecule has 0 saturated carbocycles. The minimum absolute atomic E-state index is 0.176. The zero-order chi connectivity index (χ0) is 23.5. The number of hydrogen-bond donors (Lipinski definition) is 2. The summed E-state index contributed by atoms with van der Waals surface area (Å²) in [6.45, 7) is 0.387. The quantitative estimate of drug-likeness (QED) is 0.592. The number of benzene rings is 2. The zero-order valence-corrected chi connectivity index (χ0v) is 18.5. The largest absolute Gasteiger partial charge is 0.349 e. The van der Waals surface area contributed by atoms with E-state index in [2.05, 4.69) is 15.6 Å². The molecule has 0 aliphatic carbocycles. The molecule has 3 amide bonds. The predicted molar refractivity (Wildman–Crippen MR) is 130 cm³/mol. The van der Waals surface area contributed by atoms with E-state index in [0.29, 0.717) is 36.2 Å². The van der Waals surface area contributed by atoms with E-state index < -0.39 is 6.04 Å². The predicted octanol–water partition coefficient (Wildman–Crippen LogP) is 3.61. The Hall–Kier alpha value is -4.26. The van der Waals surface area contributed by atoms with Crippen molar-refractivity contribution in [1.82, 2.24) is 15.2 Å². The Bertz CT molecular complexity index is 1260. The Morgan fingerprint density at radius 1 is 1.03 bits per heavy atom. The summed E-state index contributed by atoms with van der Waals surface area (Å²) < 4.78 is 0. The van der Waals surface area contributed by atoms with Gasteiger partial charge in [0, 0.05) is 25.0 Å². The number of amides is 3. The first-order chi connectivity index (χ1) is 16.6. The molecule has 2 aliphatic rings. The molecule has 2 unspecified atom stereocenters. The summed E-state index contributed by atoms with van der Waals surface area (Å²) in [6, 6.07) is 17.9. The van der Waals surface area contributed by atoms with Crippen molar-refractivity contribution in [2.45, 2.75) is 24.9 Å². The number of piperidine rings is 1. The van der Waals surface area contributed by atoms with Crippen molar-refractivity contribution in [3.63, 3.8) is 0 Å². The van der Waals surface area contributed by atoms with Crippen LogP contribution < -0.4 is 10.6 Å². The molecule has 5 rings (SSSR count). The van der Waals surface area contributed by atoms with Gasteiger partial charge in [-0.1, -0.05) is 48.6 Å². The van der Waals surface area contributed by atoms with Gasteiger partial charge in [0.25, 0.3) is 11.8 Å². The van der Waals surface area contributed by atoms with Crippen LogP contribution in [0.4, 0.5) is 5.69 Å². The Labute approximate surface area is 197 Å². The van der Waals surface area contributed by atoms with Gasteiger partial charge in [-0.15, -0.1) is 0 Å². The molecule has 1 saturated heterocycles. The fourth-order valence-corrected chi connectivity index (χ4v) is 4.43. The zero-order valence-electron chi connectivity index (χ0n) is 18.5. The first-order valence-electron chi connectivity index (χ1n) is 11.3. The highest BCUT2D eigenvalue weighted by Gasteiger charge is 2.40. The molecular weight excluding hydrogens is 428 g/mol. The third kappa shape index (κ3) is 4.45. The molecule has 2 aromatic carbocycles. The third-order valence-corrected chi connectivity index (χ3v) is 6.22. The smallest absolute Gasteiger partial charge is 0.256 e. The number of aromatic nitrogens is 1. The van der Waals surface area contributed by atoms with Gasteiger partial charge in [0.1, 0.15) is 6.04 Å². The van der Waals surface area contributed by atoms with Crippen molar-refractivity contribution in [3.05, 3.63) is 95.3 Å². The number of nitrogens with zero attached hydrogens (tertiary/aromatic N) is 2. The van der Waals surface area contributed by atoms with Crippen LogP contribution in [0.5, 0.6) is 0 Å². The van der Waals surface area contributed by atoms with Gasteiger partial charge in [-0.3, -0.25) is 19.4 Å². The summed E-state index contributed by atoms with van der Waals surface area (Å²) in [4.78, 5) is 44.5. The van der Waals surface area contributed by atoms with Crippen LogP contribution in [0.1, 0.15) is 44.7 Å². The van der Waals surface area contributed by atoms with Crippen LogP contribution in [0.2, 0.25) is 0 Å². The second kappa shape index (κ2) is 9.31. The highest BCUT2D eigenvalue weighted by molar-refractivity contribution is 6.10. The van der Waals surface area contributed by atoms with Crippen molar-refractivity contribution >= 4 is 35.6 Å². The molecular formula is C27H24N4O3. The third-order valence-electron chi connectivity index (χ3n) is 6.22. The first-order valence-corrected chi connectivity index (χ1v) is 11.3. The Balaban J connectivity index is 1.33. The number of carbonyl (C=O) groups excluding carboxylic acids is 3. The number of carbonyl (C=O) groups is 3. The van der Waals surface area contributed by atoms with Crippen molar-refractivity contribution < 1.29 is 14.4 Å². The normalized spacial score (nSPS) is 19.7. The van der Waals surface area contributed by atoms with Crippen molar-refractivity contribution in [2.24, 2.45) is 0 Å². The van der Waals surface area contributed by atoms with Crippen LogP contribution in [0.25, 0.3) is 12.2 Å². The molecule has 2 N–H and O–H groups in total. The SMILES string of the molecule is O=C(NC1CCN2C(=O)c3cc(C=Cc4ccccc4)ccc3NC(=O)C2C1)c1cccnc1. The lowest BCUT2D eigenvalue weighted by molar-refractivity contribution is -0.121. The summed E-state index contributed by atoms with van der Waals surface area (Å²) in [7, 11) is 0. The number of hydrogen-bond acceptors (Lipinski definition) is 4. The minimum Gasteiger partial charge on any atom is -0.349 e. The Morgan fingerprint density at radius 2 is 1.85 bits per heavy atom. The molecule has 7 nitrogen and oxygen atoms in total. The van der Waals surface area contributed by atoms with Gasteiger partial charge >= 0.3 is 0 Å². The van der Waals surface area contributed by atoms with E-state index in [9.17, 15) is 14.4 Å². The van der Waals surface area contributed by atoms with Gasteiger partial charge < -0.3 is 15.5 Å². The van der Waals surface area contributed by atoms with Crippen LogP contribution in [-0.4, -0.2) is 46.2 Å². The van der Waals surface area contributed by atoms with Crippen molar-refractivity contribution in [1.29, 1.82) is 0 Å². The molecule has 7 heteroatoms. The van der Waals surface area contributed by atoms with Crippen LogP contribution in [-0.2, 0) is 4.79 Å². The maximum Gasteiger partial charge on any atom is 0.256 e. The summed E-state index contributed by atoms with van der Waals surface area (Å²) in [5.41, 5.74) is 3.39. The lowest BCUT2D eigenvalue weighted by Crippen LogP contribution is -2.55. The number of anilines is 1. The number of rotatable bonds is 4. The van der Waals surface area contributed by atoms with Gasteiger partial charge in [0.05, 0.1) is 16.8 Å². The number of pyridine rings is 1. The average Bonchev–Trinajstić information content (AvgIpc) is 2.98. The van der Waals surface area contributed by atoms with E-state index in [1.54, 1.807) is 29.3 Å². The maximum absolute atomic E-state index is 13.4. The van der Waals surface area contributed by atoms with E-state index in [-0.39, 0.29) is 23.8 Å². The van der Waals surface area contributed by atoms with Gasteiger partial charge in [0.15, 0.2) is 0 Å². The minimum atomic E-state index is -0.642. The Kier molecular flexibility index (Phi) is 5.91. The summed E-state index contributed by atoms with van der Waals surface area (Å²) >= 11 is 0. The second-order valence-electron chi connectivity index (χ2n) is 8.49. The fraction of sp³-hybridized carbons (Fsp3) is 0.185. The molecule has 0 bridgehead atoms. The first kappa shape index (κ1) is 21.6. The van der Waals surface area contributed by atoms with Crippen molar-refractivity contribution in [3.8, 4) is 0 Å². The Morgan fingerprint density at radius 3 is 2.65 bits per heavy atom. The molecule has 3 heterocycles. The second-order valence-corrected chi connectivity index (χ2v) is 8.49. The van der Waals surface area contributed by atoms with Gasteiger partial charge in [0.2, 0.25) is 5.91 Å². The van der Waals surface area contributed by atoms with Crippen LogP contribution in [0, 0.1) is 0 Å². The molecule has 0 spiro atoms. The van der Waals surface area contributed by atoms with Crippen molar-refractivity contribution in [2.75, 3.05) is 11.9 Å².